The van der Waals surface area contributed by atoms with Crippen molar-refractivity contribution in [2.24, 2.45) is 11.8 Å². The molecule has 8 nitrogen and oxygen atoms in total. The Labute approximate surface area is 181 Å². The summed E-state index contributed by atoms with van der Waals surface area (Å²) in [7, 11) is 5.78. The van der Waals surface area contributed by atoms with Gasteiger partial charge in [-0.3, -0.25) is 9.59 Å². The average molecular weight is 430 g/mol. The lowest BCUT2D eigenvalue weighted by atomic mass is 9.86. The molecule has 1 aliphatic heterocycles. The number of cyclic esters (lactones) is 1. The first-order valence-electron chi connectivity index (χ1n) is 9.73. The summed E-state index contributed by atoms with van der Waals surface area (Å²) in [4.78, 5) is 24.6. The Hall–Kier alpha value is -3.26. The lowest BCUT2D eigenvalue weighted by molar-refractivity contribution is -0.156. The smallest absolute Gasteiger partial charge is 0.320 e. The second kappa shape index (κ2) is 10.2. The monoisotopic (exact) mass is 430 g/mol. The number of methoxy groups -OCH3 is 4. The van der Waals surface area contributed by atoms with Gasteiger partial charge in [-0.15, -0.1) is 0 Å². The van der Waals surface area contributed by atoms with Crippen LogP contribution in [0.15, 0.2) is 42.5 Å². The summed E-state index contributed by atoms with van der Waals surface area (Å²) in [6.45, 7) is 0.287. The lowest BCUT2D eigenvalue weighted by Crippen LogP contribution is -2.31. The van der Waals surface area contributed by atoms with Crippen LogP contribution in [0, 0.1) is 11.8 Å². The van der Waals surface area contributed by atoms with Crippen LogP contribution in [-0.4, -0.2) is 47.0 Å². The summed E-state index contributed by atoms with van der Waals surface area (Å²) >= 11 is 0. The number of hydrogen-bond donors (Lipinski definition) is 0. The second-order valence-corrected chi connectivity index (χ2v) is 6.97. The predicted molar refractivity (Wildman–Crippen MR) is 110 cm³/mol. The molecule has 8 heteroatoms. The molecule has 0 bridgehead atoms. The van der Waals surface area contributed by atoms with Gasteiger partial charge in [0.05, 0.1) is 47.8 Å². The molecule has 2 aromatic carbocycles. The Morgan fingerprint density at radius 1 is 1.03 bits per heavy atom. The van der Waals surface area contributed by atoms with Crippen molar-refractivity contribution in [3.63, 3.8) is 0 Å². The van der Waals surface area contributed by atoms with E-state index in [-0.39, 0.29) is 13.2 Å². The van der Waals surface area contributed by atoms with Gasteiger partial charge in [0.15, 0.2) is 17.4 Å². The SMILES string of the molecule is COC(=O)[C@H]1C(=O)OC[C@@H]1[C@@H](OCc1ccccc1)c1cc(OC)c(OC)c(OC)c1. The van der Waals surface area contributed by atoms with E-state index in [1.54, 1.807) is 12.1 Å². The van der Waals surface area contributed by atoms with Crippen molar-refractivity contribution in [1.29, 1.82) is 0 Å². The van der Waals surface area contributed by atoms with E-state index in [1.807, 2.05) is 30.3 Å². The fourth-order valence-electron chi connectivity index (χ4n) is 3.69. The summed E-state index contributed by atoms with van der Waals surface area (Å²) in [6, 6.07) is 13.1. The first-order chi connectivity index (χ1) is 15.0. The predicted octanol–water partition coefficient (Wildman–Crippen LogP) is 2.93. The molecule has 31 heavy (non-hydrogen) atoms. The third-order valence-corrected chi connectivity index (χ3v) is 5.23. The molecular formula is C23H26O8. The number of benzene rings is 2. The molecule has 1 heterocycles. The fraction of sp³-hybridized carbons (Fsp3) is 0.391. The molecule has 0 N–H and O–H groups in total. The number of rotatable bonds is 9. The summed E-state index contributed by atoms with van der Waals surface area (Å²) in [5, 5.41) is 0. The van der Waals surface area contributed by atoms with E-state index >= 15 is 0 Å². The van der Waals surface area contributed by atoms with E-state index in [2.05, 4.69) is 0 Å². The van der Waals surface area contributed by atoms with Gasteiger partial charge in [-0.05, 0) is 23.3 Å². The van der Waals surface area contributed by atoms with Crippen LogP contribution in [0.1, 0.15) is 17.2 Å². The number of carbonyl (C=O) groups is 2. The highest BCUT2D eigenvalue weighted by Crippen LogP contribution is 2.44. The highest BCUT2D eigenvalue weighted by molar-refractivity contribution is 5.96. The van der Waals surface area contributed by atoms with Crippen molar-refractivity contribution in [2.45, 2.75) is 12.7 Å². The van der Waals surface area contributed by atoms with Crippen molar-refractivity contribution in [3.8, 4) is 17.2 Å². The molecule has 0 spiro atoms. The van der Waals surface area contributed by atoms with E-state index in [4.69, 9.17) is 28.4 Å². The Morgan fingerprint density at radius 3 is 2.23 bits per heavy atom. The van der Waals surface area contributed by atoms with E-state index in [0.29, 0.717) is 22.8 Å². The first-order valence-corrected chi connectivity index (χ1v) is 9.73. The normalized spacial score (nSPS) is 18.8. The maximum absolute atomic E-state index is 12.3. The van der Waals surface area contributed by atoms with Crippen LogP contribution < -0.4 is 14.2 Å². The highest BCUT2D eigenvalue weighted by Gasteiger charge is 2.48. The van der Waals surface area contributed by atoms with Gasteiger partial charge in [0, 0.05) is 5.92 Å². The Kier molecular flexibility index (Phi) is 7.36. The number of hydrogen-bond acceptors (Lipinski definition) is 8. The number of carbonyl (C=O) groups excluding carboxylic acids is 2. The van der Waals surface area contributed by atoms with Gasteiger partial charge in [0.25, 0.3) is 0 Å². The minimum absolute atomic E-state index is 0.0225. The summed E-state index contributed by atoms with van der Waals surface area (Å²) in [5.74, 6) is -1.67. The van der Waals surface area contributed by atoms with Crippen molar-refractivity contribution < 1.29 is 38.0 Å². The van der Waals surface area contributed by atoms with Gasteiger partial charge in [0.2, 0.25) is 5.75 Å². The van der Waals surface area contributed by atoms with E-state index in [1.165, 1.54) is 28.4 Å². The fourth-order valence-corrected chi connectivity index (χ4v) is 3.69. The van der Waals surface area contributed by atoms with Crippen molar-refractivity contribution in [1.82, 2.24) is 0 Å². The van der Waals surface area contributed by atoms with Crippen LogP contribution in [0.4, 0.5) is 0 Å². The number of esters is 2. The van der Waals surface area contributed by atoms with Gasteiger partial charge in [-0.25, -0.2) is 0 Å². The standard InChI is InChI=1S/C23H26O8/c1-26-17-10-15(11-18(27-2)21(17)28-3)20(30-12-14-8-6-5-7-9-14)16-13-31-23(25)19(16)22(24)29-4/h5-11,16,19-20H,12-13H2,1-4H3/t16-,19-,20-/m0/s1. The third-order valence-electron chi connectivity index (χ3n) is 5.23. The Balaban J connectivity index is 2.03. The quantitative estimate of drug-likeness (QED) is 0.443. The molecule has 3 rings (SSSR count). The van der Waals surface area contributed by atoms with Gasteiger partial charge in [-0.2, -0.15) is 0 Å². The largest absolute Gasteiger partial charge is 0.493 e. The van der Waals surface area contributed by atoms with Crippen molar-refractivity contribution >= 4 is 11.9 Å². The molecule has 3 atom stereocenters. The molecule has 1 fully saturated rings. The van der Waals surface area contributed by atoms with Crippen LogP contribution in [0.5, 0.6) is 17.2 Å². The van der Waals surface area contributed by atoms with Crippen LogP contribution in [0.2, 0.25) is 0 Å². The van der Waals surface area contributed by atoms with Gasteiger partial charge in [-0.1, -0.05) is 30.3 Å². The molecule has 1 aliphatic rings. The Morgan fingerprint density at radius 2 is 1.68 bits per heavy atom. The Bertz CT molecular complexity index is 886. The zero-order valence-corrected chi connectivity index (χ0v) is 18.0. The molecule has 2 aromatic rings. The first kappa shape index (κ1) is 22.4. The van der Waals surface area contributed by atoms with E-state index in [0.717, 1.165) is 5.56 Å². The summed E-state index contributed by atoms with van der Waals surface area (Å²) in [6.07, 6.45) is -0.676. The highest BCUT2D eigenvalue weighted by atomic mass is 16.6. The molecule has 0 aliphatic carbocycles. The molecule has 0 aromatic heterocycles. The minimum atomic E-state index is -1.09. The van der Waals surface area contributed by atoms with Crippen LogP contribution >= 0.6 is 0 Å². The van der Waals surface area contributed by atoms with Crippen LogP contribution in [0.3, 0.4) is 0 Å². The third kappa shape index (κ3) is 4.74. The molecule has 166 valence electrons. The molecule has 0 unspecified atom stereocenters. The topological polar surface area (TPSA) is 89.5 Å². The zero-order chi connectivity index (χ0) is 22.4. The van der Waals surface area contributed by atoms with Crippen LogP contribution in [-0.2, 0) is 30.4 Å². The van der Waals surface area contributed by atoms with Crippen molar-refractivity contribution in [2.75, 3.05) is 35.0 Å². The molecular weight excluding hydrogens is 404 g/mol. The van der Waals surface area contributed by atoms with Gasteiger partial charge in [0.1, 0.15) is 0 Å². The number of ether oxygens (including phenoxy) is 6. The van der Waals surface area contributed by atoms with Crippen LogP contribution in [0.25, 0.3) is 0 Å². The van der Waals surface area contributed by atoms with Crippen molar-refractivity contribution in [3.05, 3.63) is 53.6 Å². The van der Waals surface area contributed by atoms with Gasteiger partial charge < -0.3 is 28.4 Å². The van der Waals surface area contributed by atoms with E-state index in [9.17, 15) is 9.59 Å². The summed E-state index contributed by atoms with van der Waals surface area (Å²) in [5.41, 5.74) is 1.60. The minimum Gasteiger partial charge on any atom is -0.493 e. The molecule has 0 amide bonds. The molecule has 1 saturated heterocycles. The zero-order valence-electron chi connectivity index (χ0n) is 18.0. The maximum Gasteiger partial charge on any atom is 0.320 e. The summed E-state index contributed by atoms with van der Waals surface area (Å²) < 4.78 is 32.6. The average Bonchev–Trinajstić information content (AvgIpc) is 3.19. The van der Waals surface area contributed by atoms with Gasteiger partial charge >= 0.3 is 11.9 Å². The second-order valence-electron chi connectivity index (χ2n) is 6.97. The molecule has 0 radical (unpaired) electrons. The maximum atomic E-state index is 12.3. The lowest BCUT2D eigenvalue weighted by Gasteiger charge is -2.27. The van der Waals surface area contributed by atoms with E-state index < -0.39 is 29.9 Å². The molecule has 0 saturated carbocycles.